The summed E-state index contributed by atoms with van der Waals surface area (Å²) in [7, 11) is -4.27. The molecule has 0 heterocycles. The van der Waals surface area contributed by atoms with E-state index in [4.69, 9.17) is 14.9 Å². The summed E-state index contributed by atoms with van der Waals surface area (Å²) in [6, 6.07) is 7.95. The Kier molecular flexibility index (Phi) is 10.3. The molecular formula is C12H19BF4O3S. The Morgan fingerprint density at radius 2 is 1.43 bits per heavy atom. The first-order valence-electron chi connectivity index (χ1n) is 6.16. The number of rotatable bonds is 7. The van der Waals surface area contributed by atoms with Crippen LogP contribution in [-0.4, -0.2) is 49.3 Å². The van der Waals surface area contributed by atoms with Gasteiger partial charge in [-0.05, 0) is 23.0 Å². The molecule has 0 aliphatic heterocycles. The number of aliphatic hydroxyl groups excluding tert-OH is 2. The molecule has 0 fully saturated rings. The average molecular weight is 330 g/mol. The minimum absolute atomic E-state index is 0.0751. The zero-order valence-corrected chi connectivity index (χ0v) is 12.5. The topological polar surface area (TPSA) is 49.7 Å². The fraction of sp³-hybridized carbons (Fsp3) is 0.500. The zero-order chi connectivity index (χ0) is 16.3. The highest BCUT2D eigenvalue weighted by Crippen LogP contribution is 2.14. The molecule has 0 aliphatic rings. The molecule has 0 atom stereocenters. The van der Waals surface area contributed by atoms with E-state index >= 15 is 0 Å². The Hall–Kier alpha value is -0.925. The second-order valence-corrected chi connectivity index (χ2v) is 6.29. The van der Waals surface area contributed by atoms with Crippen molar-refractivity contribution in [1.82, 2.24) is 0 Å². The van der Waals surface area contributed by atoms with E-state index < -0.39 is 7.25 Å². The van der Waals surface area contributed by atoms with Gasteiger partial charge in [-0.25, -0.2) is 0 Å². The molecule has 1 aromatic carbocycles. The summed E-state index contributed by atoms with van der Waals surface area (Å²) in [6.45, 7) is 0.387. The van der Waals surface area contributed by atoms with Gasteiger partial charge in [0.1, 0.15) is 23.0 Å². The van der Waals surface area contributed by atoms with E-state index in [-0.39, 0.29) is 24.1 Å². The molecular weight excluding hydrogens is 311 g/mol. The minimum Gasteiger partial charge on any atom is -0.497 e. The number of halogens is 4. The lowest BCUT2D eigenvalue weighted by molar-refractivity contribution is 0.316. The van der Waals surface area contributed by atoms with Crippen LogP contribution >= 0.6 is 0 Å². The van der Waals surface area contributed by atoms with Gasteiger partial charge in [-0.2, -0.15) is 0 Å². The van der Waals surface area contributed by atoms with E-state index in [9.17, 15) is 17.3 Å². The van der Waals surface area contributed by atoms with Crippen LogP contribution in [0.15, 0.2) is 24.3 Å². The quantitative estimate of drug-likeness (QED) is 0.457. The summed E-state index contributed by atoms with van der Waals surface area (Å²) in [5.41, 5.74) is 1.23. The zero-order valence-electron chi connectivity index (χ0n) is 11.6. The highest BCUT2D eigenvalue weighted by Gasteiger charge is 2.20. The summed E-state index contributed by atoms with van der Waals surface area (Å²) >= 11 is 0. The molecule has 9 heteroatoms. The third-order valence-electron chi connectivity index (χ3n) is 2.29. The van der Waals surface area contributed by atoms with Crippen LogP contribution in [0.2, 0.25) is 0 Å². The Balaban J connectivity index is 0.000000690. The highest BCUT2D eigenvalue weighted by molar-refractivity contribution is 7.96. The first-order valence-corrected chi connectivity index (χ1v) is 7.89. The van der Waals surface area contributed by atoms with Crippen LogP contribution in [0.5, 0.6) is 5.75 Å². The average Bonchev–Trinajstić information content (AvgIpc) is 2.38. The minimum atomic E-state index is -6.00. The molecule has 0 spiro atoms. The number of benzene rings is 1. The van der Waals surface area contributed by atoms with E-state index in [1.165, 1.54) is 5.56 Å². The number of ether oxygens (including phenoxy) is 1. The van der Waals surface area contributed by atoms with Gasteiger partial charge in [0.25, 0.3) is 0 Å². The van der Waals surface area contributed by atoms with Crippen molar-refractivity contribution < 1.29 is 32.2 Å². The molecule has 122 valence electrons. The lowest BCUT2D eigenvalue weighted by Gasteiger charge is -2.07. The molecule has 0 aromatic heterocycles. The van der Waals surface area contributed by atoms with Crippen molar-refractivity contribution >= 4 is 18.1 Å². The van der Waals surface area contributed by atoms with Crippen LogP contribution < -0.4 is 4.74 Å². The van der Waals surface area contributed by atoms with Crippen molar-refractivity contribution in [2.45, 2.75) is 5.75 Å². The molecule has 21 heavy (non-hydrogen) atoms. The van der Waals surface area contributed by atoms with E-state index in [1.54, 1.807) is 7.11 Å². The maximum Gasteiger partial charge on any atom is 0.673 e. The van der Waals surface area contributed by atoms with Gasteiger partial charge in [0.05, 0.1) is 20.3 Å². The van der Waals surface area contributed by atoms with E-state index in [1.807, 2.05) is 24.3 Å². The number of aliphatic hydroxyl groups is 2. The van der Waals surface area contributed by atoms with Crippen molar-refractivity contribution in [2.24, 2.45) is 0 Å². The predicted octanol–water partition coefficient (Wildman–Crippen LogP) is 2.10. The van der Waals surface area contributed by atoms with Crippen molar-refractivity contribution in [1.29, 1.82) is 0 Å². The Labute approximate surface area is 124 Å². The molecule has 0 amide bonds. The molecule has 0 radical (unpaired) electrons. The van der Waals surface area contributed by atoms with Gasteiger partial charge < -0.3 is 32.2 Å². The van der Waals surface area contributed by atoms with Gasteiger partial charge >= 0.3 is 7.25 Å². The fourth-order valence-electron chi connectivity index (χ4n) is 1.46. The van der Waals surface area contributed by atoms with Crippen LogP contribution in [0.4, 0.5) is 17.3 Å². The molecule has 2 N–H and O–H groups in total. The van der Waals surface area contributed by atoms with Gasteiger partial charge in [-0.3, -0.25) is 0 Å². The molecule has 0 bridgehead atoms. The van der Waals surface area contributed by atoms with Gasteiger partial charge in [-0.15, -0.1) is 0 Å². The third kappa shape index (κ3) is 12.5. The first kappa shape index (κ1) is 20.1. The van der Waals surface area contributed by atoms with Crippen LogP contribution in [0.1, 0.15) is 5.56 Å². The number of hydrogen-bond donors (Lipinski definition) is 2. The standard InChI is InChI=1S/C12H19O3S.BF4/c1-15-12-4-2-11(3-5-12)10-16(8-6-13)9-7-14;2-1(3,4)5/h2-5,13-14H,6-10H2,1H3;/q+1;-1. The normalized spacial score (nSPS) is 11.0. The monoisotopic (exact) mass is 330 g/mol. The van der Waals surface area contributed by atoms with Crippen molar-refractivity contribution in [2.75, 3.05) is 31.8 Å². The summed E-state index contributed by atoms with van der Waals surface area (Å²) in [6.07, 6.45) is 0. The maximum atomic E-state index is 9.75. The molecule has 1 aromatic rings. The molecule has 0 unspecified atom stereocenters. The van der Waals surface area contributed by atoms with Gasteiger partial charge in [0.15, 0.2) is 0 Å². The van der Waals surface area contributed by atoms with Gasteiger partial charge in [0.2, 0.25) is 0 Å². The molecule has 0 aliphatic carbocycles. The predicted molar refractivity (Wildman–Crippen MR) is 78.2 cm³/mol. The van der Waals surface area contributed by atoms with Gasteiger partial charge in [-0.1, -0.05) is 12.1 Å². The summed E-state index contributed by atoms with van der Waals surface area (Å²) < 4.78 is 44.1. The highest BCUT2D eigenvalue weighted by atomic mass is 32.2. The Bertz CT molecular complexity index is 364. The molecule has 3 nitrogen and oxygen atoms in total. The lowest BCUT2D eigenvalue weighted by Crippen LogP contribution is -2.19. The van der Waals surface area contributed by atoms with Crippen LogP contribution in [0.3, 0.4) is 0 Å². The fourth-order valence-corrected chi connectivity index (χ4v) is 3.14. The van der Waals surface area contributed by atoms with Crippen LogP contribution in [-0.2, 0) is 16.6 Å². The van der Waals surface area contributed by atoms with Gasteiger partial charge in [0, 0.05) is 5.56 Å². The van der Waals surface area contributed by atoms with Crippen molar-refractivity contribution in [3.05, 3.63) is 29.8 Å². The summed E-state index contributed by atoms with van der Waals surface area (Å²) in [5, 5.41) is 17.9. The molecule has 0 saturated carbocycles. The maximum absolute atomic E-state index is 9.75. The largest absolute Gasteiger partial charge is 0.673 e. The van der Waals surface area contributed by atoms with Crippen molar-refractivity contribution in [3.8, 4) is 5.75 Å². The van der Waals surface area contributed by atoms with Crippen LogP contribution in [0.25, 0.3) is 0 Å². The smallest absolute Gasteiger partial charge is 0.497 e. The van der Waals surface area contributed by atoms with E-state index in [0.29, 0.717) is 0 Å². The molecule has 0 saturated heterocycles. The summed E-state index contributed by atoms with van der Waals surface area (Å²) in [5.74, 6) is 3.32. The Morgan fingerprint density at radius 1 is 1.00 bits per heavy atom. The van der Waals surface area contributed by atoms with E-state index in [2.05, 4.69) is 0 Å². The van der Waals surface area contributed by atoms with Crippen molar-refractivity contribution in [3.63, 3.8) is 0 Å². The third-order valence-corrected chi connectivity index (χ3v) is 4.55. The SMILES string of the molecule is COc1ccc(C[S+](CCO)CCO)cc1.F[B-](F)(F)F. The lowest BCUT2D eigenvalue weighted by atomic mass is 10.2. The number of hydrogen-bond acceptors (Lipinski definition) is 3. The van der Waals surface area contributed by atoms with Crippen LogP contribution in [0, 0.1) is 0 Å². The van der Waals surface area contributed by atoms with E-state index in [0.717, 1.165) is 23.0 Å². The first-order chi connectivity index (χ1) is 9.80. The second-order valence-electron chi connectivity index (χ2n) is 3.96. The summed E-state index contributed by atoms with van der Waals surface area (Å²) in [4.78, 5) is 0. The second kappa shape index (κ2) is 10.8. The molecule has 1 rings (SSSR count). The number of methoxy groups -OCH3 is 1. The Morgan fingerprint density at radius 3 is 1.76 bits per heavy atom.